The number of rotatable bonds is 5. The Kier molecular flexibility index (Phi) is 19.8. The Hall–Kier alpha value is -2.41. The fourth-order valence-corrected chi connectivity index (χ4v) is 5.61. The van der Waals surface area contributed by atoms with Crippen LogP contribution in [0.25, 0.3) is 22.5 Å². The number of phenolic OH excluding ortho intramolecular Hbond substituents is 1. The number of aromatic hydroxyl groups is 1. The standard InChI is InChI=1S/C17H22N4O2.C16H20N4O2.BBr3.BrH.ClH/c1-20(14-7-9-18-10-8-14)17(22)21-11-16(19-12-21)13-3-5-15(23-2)6-4-13;1-19(13-6-8-17-9-7-13)16(22)20-10-15(18-11-20)12-2-4-14(21)5-3-12;2-1(3)4;;/h3-6,11-12,14,18H,7-10H2,1-2H3;2-5,10-11,13,17,21H,6-9H2,1H3;;2*1H. The molecule has 12 nitrogen and oxygen atoms in total. The van der Waals surface area contributed by atoms with Crippen LogP contribution in [0.15, 0.2) is 73.6 Å². The molecule has 2 aliphatic rings. The molecule has 278 valence electrons. The van der Waals surface area contributed by atoms with E-state index in [-0.39, 0.29) is 62.5 Å². The zero-order chi connectivity index (χ0) is 35.3. The Balaban J connectivity index is 0.000000309. The first-order valence-electron chi connectivity index (χ1n) is 16.0. The molecule has 2 saturated heterocycles. The molecule has 3 N–H and O–H groups in total. The van der Waals surface area contributed by atoms with Crippen LogP contribution in [0, 0.1) is 0 Å². The largest absolute Gasteiger partial charge is 0.508 e. The van der Waals surface area contributed by atoms with Crippen LogP contribution in [0.2, 0.25) is 0 Å². The van der Waals surface area contributed by atoms with Crippen molar-refractivity contribution in [1.82, 2.24) is 39.5 Å². The summed E-state index contributed by atoms with van der Waals surface area (Å²) < 4.78 is 8.50. The third-order valence-electron chi connectivity index (χ3n) is 8.47. The molecular weight excluding hydrogens is 938 g/mol. The summed E-state index contributed by atoms with van der Waals surface area (Å²) >= 11 is 9.31. The maximum atomic E-state index is 12.6. The molecule has 0 radical (unpaired) electrons. The third kappa shape index (κ3) is 13.5. The van der Waals surface area contributed by atoms with Crippen molar-refractivity contribution in [1.29, 1.82) is 0 Å². The summed E-state index contributed by atoms with van der Waals surface area (Å²) in [5.74, 6) is 1.01. The van der Waals surface area contributed by atoms with Crippen LogP contribution in [0.4, 0.5) is 9.59 Å². The number of imidazole rings is 2. The van der Waals surface area contributed by atoms with Crippen molar-refractivity contribution < 1.29 is 19.4 Å². The zero-order valence-electron chi connectivity index (χ0n) is 28.6. The lowest BCUT2D eigenvalue weighted by molar-refractivity contribution is 0.177. The fourth-order valence-electron chi connectivity index (χ4n) is 5.61. The van der Waals surface area contributed by atoms with Gasteiger partial charge in [0, 0.05) is 49.7 Å². The van der Waals surface area contributed by atoms with Crippen LogP contribution in [0.1, 0.15) is 25.7 Å². The van der Waals surface area contributed by atoms with Crippen molar-refractivity contribution in [2.45, 2.75) is 37.8 Å². The van der Waals surface area contributed by atoms with Gasteiger partial charge in [-0.1, -0.05) is 0 Å². The van der Waals surface area contributed by atoms with Gasteiger partial charge in [-0.15, -0.1) is 76.7 Å². The van der Waals surface area contributed by atoms with Crippen molar-refractivity contribution >= 4 is 91.9 Å². The molecule has 6 rings (SSSR count). The number of aromatic nitrogens is 4. The van der Waals surface area contributed by atoms with E-state index < -0.39 is 0 Å². The molecule has 2 fully saturated rings. The number of benzene rings is 2. The minimum Gasteiger partial charge on any atom is -0.508 e. The molecule has 0 atom stereocenters. The predicted molar refractivity (Wildman–Crippen MR) is 223 cm³/mol. The summed E-state index contributed by atoms with van der Waals surface area (Å²) in [4.78, 5) is 37.4. The van der Waals surface area contributed by atoms with Gasteiger partial charge in [-0.2, -0.15) is 0 Å². The first-order chi connectivity index (χ1) is 23.6. The topological polar surface area (TPSA) is 130 Å². The maximum absolute atomic E-state index is 12.6. The molecule has 2 amide bonds. The highest BCUT2D eigenvalue weighted by Gasteiger charge is 2.24. The summed E-state index contributed by atoms with van der Waals surface area (Å²) in [5, 5.41) is 15.9. The minimum absolute atomic E-state index is 0. The average Bonchev–Trinajstić information content (AvgIpc) is 3.83. The molecule has 18 heteroatoms. The molecule has 51 heavy (non-hydrogen) atoms. The van der Waals surface area contributed by atoms with E-state index in [1.807, 2.05) is 43.3 Å². The van der Waals surface area contributed by atoms with Gasteiger partial charge >= 0.3 is 15.2 Å². The van der Waals surface area contributed by atoms with E-state index in [9.17, 15) is 14.7 Å². The van der Waals surface area contributed by atoms with Gasteiger partial charge < -0.3 is 30.3 Å². The lowest BCUT2D eigenvalue weighted by Crippen LogP contribution is -2.45. The van der Waals surface area contributed by atoms with Gasteiger partial charge in [0.2, 0.25) is 0 Å². The molecular formula is C33H44BBr4ClN8O4. The summed E-state index contributed by atoms with van der Waals surface area (Å²) in [5.41, 5.74) is 3.32. The second-order valence-electron chi connectivity index (χ2n) is 11.6. The number of hydrogen-bond donors (Lipinski definition) is 3. The Bertz CT molecular complexity index is 1620. The van der Waals surface area contributed by atoms with Gasteiger partial charge in [0.1, 0.15) is 24.2 Å². The first kappa shape index (κ1) is 44.8. The van der Waals surface area contributed by atoms with Gasteiger partial charge in [0.25, 0.3) is 0 Å². The van der Waals surface area contributed by atoms with Gasteiger partial charge in [0.05, 0.1) is 18.5 Å². The molecule has 0 bridgehead atoms. The number of hydrogen-bond acceptors (Lipinski definition) is 8. The van der Waals surface area contributed by atoms with Crippen molar-refractivity contribution in [2.24, 2.45) is 0 Å². The quantitative estimate of drug-likeness (QED) is 0.178. The monoisotopic (exact) mass is 978 g/mol. The van der Waals surface area contributed by atoms with Crippen LogP contribution in [-0.4, -0.2) is 109 Å². The lowest BCUT2D eigenvalue weighted by Gasteiger charge is -2.31. The van der Waals surface area contributed by atoms with Gasteiger partial charge in [-0.25, -0.2) is 19.6 Å². The molecule has 0 saturated carbocycles. The second kappa shape index (κ2) is 22.6. The molecule has 0 aliphatic carbocycles. The lowest BCUT2D eigenvalue weighted by atomic mass is 10.1. The Morgan fingerprint density at radius 1 is 0.765 bits per heavy atom. The van der Waals surface area contributed by atoms with E-state index >= 15 is 0 Å². The normalized spacial score (nSPS) is 14.2. The number of phenols is 1. The van der Waals surface area contributed by atoms with Gasteiger partial charge in [-0.3, -0.25) is 9.13 Å². The number of carbonyl (C=O) groups excluding carboxylic acids is 2. The highest BCUT2D eigenvalue weighted by atomic mass is 79.9. The van der Waals surface area contributed by atoms with E-state index in [0.717, 1.165) is 74.4 Å². The minimum atomic E-state index is -0.0653. The fraction of sp³-hybridized carbons (Fsp3) is 0.394. The number of halogens is 5. The van der Waals surface area contributed by atoms with Crippen LogP contribution in [0.5, 0.6) is 11.5 Å². The summed E-state index contributed by atoms with van der Waals surface area (Å²) in [6.45, 7) is 3.82. The molecule has 4 aromatic rings. The number of nitrogens with one attached hydrogen (secondary N) is 2. The smallest absolute Gasteiger partial charge is 0.369 e. The number of nitrogens with zero attached hydrogens (tertiary/aromatic N) is 6. The van der Waals surface area contributed by atoms with Crippen LogP contribution in [-0.2, 0) is 0 Å². The van der Waals surface area contributed by atoms with Crippen molar-refractivity contribution in [3.8, 4) is 34.0 Å². The van der Waals surface area contributed by atoms with E-state index in [1.54, 1.807) is 65.9 Å². The summed E-state index contributed by atoms with van der Waals surface area (Å²) in [6.07, 6.45) is 10.6. The summed E-state index contributed by atoms with van der Waals surface area (Å²) in [6, 6.07) is 14.9. The molecule has 2 aliphatic heterocycles. The van der Waals surface area contributed by atoms with E-state index in [0.29, 0.717) is 5.69 Å². The van der Waals surface area contributed by atoms with Crippen molar-refractivity contribution in [3.63, 3.8) is 0 Å². The zero-order valence-corrected chi connectivity index (χ0v) is 35.9. The summed E-state index contributed by atoms with van der Waals surface area (Å²) in [7, 11) is 5.35. The van der Waals surface area contributed by atoms with E-state index in [2.05, 4.69) is 67.9 Å². The number of carbonyl (C=O) groups is 2. The van der Waals surface area contributed by atoms with Crippen LogP contribution in [0.3, 0.4) is 0 Å². The van der Waals surface area contributed by atoms with E-state index in [4.69, 9.17) is 4.74 Å². The molecule has 2 aromatic carbocycles. The van der Waals surface area contributed by atoms with Crippen LogP contribution >= 0.6 is 76.7 Å². The van der Waals surface area contributed by atoms with Crippen molar-refractivity contribution in [2.75, 3.05) is 47.4 Å². The number of amides is 2. The molecule has 0 spiro atoms. The highest BCUT2D eigenvalue weighted by Crippen LogP contribution is 2.22. The predicted octanol–water partition coefficient (Wildman–Crippen LogP) is 7.27. The Morgan fingerprint density at radius 3 is 1.47 bits per heavy atom. The SMILES string of the molecule is Br.BrB(Br)Br.CN(C(=O)n1cnc(-c2ccc(O)cc2)c1)C1CCNCC1.COc1ccc(-c2cn(C(=O)N(C)C3CCNCC3)cn2)cc1.Cl. The highest BCUT2D eigenvalue weighted by molar-refractivity contribution is 9.69. The molecule has 0 unspecified atom stereocenters. The van der Waals surface area contributed by atoms with Gasteiger partial charge in [0.15, 0.2) is 0 Å². The number of ether oxygens (including phenoxy) is 1. The molecule has 2 aromatic heterocycles. The average molecular weight is 983 g/mol. The van der Waals surface area contributed by atoms with Crippen LogP contribution < -0.4 is 15.4 Å². The second-order valence-corrected chi connectivity index (χ2v) is 18.0. The third-order valence-corrected chi connectivity index (χ3v) is 8.47. The number of piperidine rings is 2. The molecule has 4 heterocycles. The first-order valence-corrected chi connectivity index (χ1v) is 18.7. The van der Waals surface area contributed by atoms with E-state index in [1.165, 1.54) is 4.57 Å². The van der Waals surface area contributed by atoms with Crippen molar-refractivity contribution in [3.05, 3.63) is 73.6 Å². The Morgan fingerprint density at radius 2 is 1.12 bits per heavy atom. The number of methoxy groups -OCH3 is 1. The maximum Gasteiger partial charge on any atom is 0.369 e. The van der Waals surface area contributed by atoms with Gasteiger partial charge in [-0.05, 0) is 100 Å². The Labute approximate surface area is 341 Å².